The minimum absolute atomic E-state index is 0.0607. The fourth-order valence-corrected chi connectivity index (χ4v) is 4.54. The third-order valence-corrected chi connectivity index (χ3v) is 6.29. The number of carbonyl (C=O) groups is 1. The number of aliphatic hydroxyl groups excluding tert-OH is 1. The zero-order valence-electron chi connectivity index (χ0n) is 17.5. The van der Waals surface area contributed by atoms with E-state index >= 15 is 0 Å². The summed E-state index contributed by atoms with van der Waals surface area (Å²) in [6.07, 6.45) is 1.50. The standard InChI is InChI=1S/C22H33N3O5/c1-28-16-4-2-14(3-5-16)12-25-20(26)11-17-10-18-22(29-17)21(27)19(30-18)13-24-15-6-8-23-9-7-15/h2-5,15,17-19,21-24,27H,6-13H2,1H3,(H,25,26). The molecule has 3 saturated heterocycles. The second-order valence-electron chi connectivity index (χ2n) is 8.42. The topological polar surface area (TPSA) is 101 Å². The van der Waals surface area contributed by atoms with Crippen molar-refractivity contribution in [1.29, 1.82) is 0 Å². The fourth-order valence-electron chi connectivity index (χ4n) is 4.54. The van der Waals surface area contributed by atoms with Crippen molar-refractivity contribution in [3.05, 3.63) is 29.8 Å². The molecule has 0 spiro atoms. The minimum Gasteiger partial charge on any atom is -0.497 e. The molecule has 30 heavy (non-hydrogen) atoms. The molecular formula is C22H33N3O5. The maximum atomic E-state index is 12.3. The summed E-state index contributed by atoms with van der Waals surface area (Å²) in [5.41, 5.74) is 1.01. The first-order chi connectivity index (χ1) is 14.6. The van der Waals surface area contributed by atoms with Crippen LogP contribution in [-0.2, 0) is 20.8 Å². The molecule has 0 aromatic heterocycles. The van der Waals surface area contributed by atoms with Crippen LogP contribution in [0.2, 0.25) is 0 Å². The Labute approximate surface area is 177 Å². The van der Waals surface area contributed by atoms with Crippen molar-refractivity contribution in [1.82, 2.24) is 16.0 Å². The van der Waals surface area contributed by atoms with Gasteiger partial charge in [0, 0.05) is 25.6 Å². The molecule has 0 radical (unpaired) electrons. The first-order valence-electron chi connectivity index (χ1n) is 10.9. The SMILES string of the molecule is COc1ccc(CNC(=O)CC2CC3OC(CNC4CCNCC4)C(O)C3O2)cc1. The summed E-state index contributed by atoms with van der Waals surface area (Å²) in [5.74, 6) is 0.730. The van der Waals surface area contributed by atoms with Crippen LogP contribution in [0.25, 0.3) is 0 Å². The van der Waals surface area contributed by atoms with Crippen LogP contribution in [0.1, 0.15) is 31.2 Å². The lowest BCUT2D eigenvalue weighted by Gasteiger charge is -2.26. The molecule has 8 heteroatoms. The van der Waals surface area contributed by atoms with Gasteiger partial charge in [-0.25, -0.2) is 0 Å². The number of carbonyl (C=O) groups excluding carboxylic acids is 1. The summed E-state index contributed by atoms with van der Waals surface area (Å²) >= 11 is 0. The van der Waals surface area contributed by atoms with Crippen LogP contribution >= 0.6 is 0 Å². The molecule has 0 bridgehead atoms. The second-order valence-corrected chi connectivity index (χ2v) is 8.42. The lowest BCUT2D eigenvalue weighted by Crippen LogP contribution is -2.45. The van der Waals surface area contributed by atoms with Gasteiger partial charge in [0.1, 0.15) is 18.0 Å². The number of nitrogens with one attached hydrogen (secondary N) is 3. The van der Waals surface area contributed by atoms with Gasteiger partial charge >= 0.3 is 0 Å². The third-order valence-electron chi connectivity index (χ3n) is 6.29. The van der Waals surface area contributed by atoms with Crippen molar-refractivity contribution in [2.45, 2.75) is 68.8 Å². The van der Waals surface area contributed by atoms with Gasteiger partial charge in [-0.05, 0) is 43.6 Å². The number of fused-ring (bicyclic) bond motifs is 1. The van der Waals surface area contributed by atoms with Crippen LogP contribution < -0.4 is 20.7 Å². The third kappa shape index (κ3) is 5.31. The molecule has 4 rings (SSSR count). The summed E-state index contributed by atoms with van der Waals surface area (Å²) in [5, 5.41) is 20.4. The highest BCUT2D eigenvalue weighted by atomic mass is 16.6. The molecular weight excluding hydrogens is 386 g/mol. The van der Waals surface area contributed by atoms with Gasteiger partial charge in [-0.3, -0.25) is 4.79 Å². The number of aliphatic hydroxyl groups is 1. The molecule has 5 unspecified atom stereocenters. The highest BCUT2D eigenvalue weighted by Gasteiger charge is 2.50. The van der Waals surface area contributed by atoms with E-state index < -0.39 is 6.10 Å². The molecule has 8 nitrogen and oxygen atoms in total. The van der Waals surface area contributed by atoms with Crippen LogP contribution in [0.3, 0.4) is 0 Å². The van der Waals surface area contributed by atoms with Crippen molar-refractivity contribution in [2.75, 3.05) is 26.7 Å². The van der Waals surface area contributed by atoms with Gasteiger partial charge in [0.05, 0.1) is 31.8 Å². The van der Waals surface area contributed by atoms with Gasteiger partial charge in [0.15, 0.2) is 0 Å². The van der Waals surface area contributed by atoms with Crippen LogP contribution in [0.5, 0.6) is 5.75 Å². The van der Waals surface area contributed by atoms with Crippen molar-refractivity contribution < 1.29 is 24.1 Å². The van der Waals surface area contributed by atoms with Crippen LogP contribution in [0.4, 0.5) is 0 Å². The number of methoxy groups -OCH3 is 1. The average molecular weight is 420 g/mol. The van der Waals surface area contributed by atoms with Crippen LogP contribution in [0, 0.1) is 0 Å². The Bertz CT molecular complexity index is 695. The number of benzene rings is 1. The lowest BCUT2D eigenvalue weighted by atomic mass is 10.0. The van der Waals surface area contributed by atoms with Gasteiger partial charge in [0.2, 0.25) is 5.91 Å². The Kier molecular flexibility index (Phi) is 7.22. The quantitative estimate of drug-likeness (QED) is 0.482. The van der Waals surface area contributed by atoms with E-state index in [2.05, 4.69) is 16.0 Å². The van der Waals surface area contributed by atoms with Gasteiger partial charge in [-0.1, -0.05) is 12.1 Å². The zero-order chi connectivity index (χ0) is 20.9. The number of hydrogen-bond acceptors (Lipinski definition) is 7. The molecule has 5 atom stereocenters. The maximum absolute atomic E-state index is 12.3. The number of hydrogen-bond donors (Lipinski definition) is 4. The lowest BCUT2D eigenvalue weighted by molar-refractivity contribution is -0.124. The average Bonchev–Trinajstić information content (AvgIpc) is 3.30. The normalized spacial score (nSPS) is 31.5. The number of amides is 1. The first kappa shape index (κ1) is 21.5. The molecule has 3 heterocycles. The van der Waals surface area contributed by atoms with E-state index in [1.165, 1.54) is 0 Å². The van der Waals surface area contributed by atoms with E-state index in [0.29, 0.717) is 25.6 Å². The first-order valence-corrected chi connectivity index (χ1v) is 10.9. The van der Waals surface area contributed by atoms with E-state index in [-0.39, 0.29) is 36.7 Å². The van der Waals surface area contributed by atoms with Gasteiger partial charge < -0.3 is 35.3 Å². The molecule has 1 aromatic rings. The Morgan fingerprint density at radius 1 is 1.23 bits per heavy atom. The van der Waals surface area contributed by atoms with E-state index in [4.69, 9.17) is 14.2 Å². The van der Waals surface area contributed by atoms with Crippen molar-refractivity contribution in [2.24, 2.45) is 0 Å². The van der Waals surface area contributed by atoms with E-state index in [1.807, 2.05) is 24.3 Å². The maximum Gasteiger partial charge on any atom is 0.222 e. The van der Waals surface area contributed by atoms with Gasteiger partial charge in [0.25, 0.3) is 0 Å². The Morgan fingerprint density at radius 2 is 2.00 bits per heavy atom. The van der Waals surface area contributed by atoms with E-state index in [0.717, 1.165) is 37.2 Å². The van der Waals surface area contributed by atoms with Crippen molar-refractivity contribution >= 4 is 5.91 Å². The molecule has 3 aliphatic heterocycles. The van der Waals surface area contributed by atoms with Crippen LogP contribution in [-0.4, -0.2) is 74.3 Å². The Hall–Kier alpha value is -1.71. The summed E-state index contributed by atoms with van der Waals surface area (Å²) in [6.45, 7) is 3.16. The summed E-state index contributed by atoms with van der Waals surface area (Å²) < 4.78 is 17.2. The number of ether oxygens (including phenoxy) is 3. The summed E-state index contributed by atoms with van der Waals surface area (Å²) in [4.78, 5) is 12.3. The van der Waals surface area contributed by atoms with Crippen molar-refractivity contribution in [3.8, 4) is 5.75 Å². The summed E-state index contributed by atoms with van der Waals surface area (Å²) in [7, 11) is 1.63. The molecule has 3 aliphatic rings. The Balaban J connectivity index is 1.17. The largest absolute Gasteiger partial charge is 0.497 e. The van der Waals surface area contributed by atoms with E-state index in [1.54, 1.807) is 7.11 Å². The molecule has 3 fully saturated rings. The van der Waals surface area contributed by atoms with E-state index in [9.17, 15) is 9.90 Å². The predicted octanol–water partition coefficient (Wildman–Crippen LogP) is 0.329. The molecule has 1 amide bonds. The molecule has 0 saturated carbocycles. The smallest absolute Gasteiger partial charge is 0.222 e. The van der Waals surface area contributed by atoms with Gasteiger partial charge in [-0.15, -0.1) is 0 Å². The molecule has 166 valence electrons. The zero-order valence-corrected chi connectivity index (χ0v) is 17.5. The minimum atomic E-state index is -0.656. The highest BCUT2D eigenvalue weighted by molar-refractivity contribution is 5.76. The monoisotopic (exact) mass is 419 g/mol. The van der Waals surface area contributed by atoms with Crippen LogP contribution in [0.15, 0.2) is 24.3 Å². The molecule has 4 N–H and O–H groups in total. The Morgan fingerprint density at radius 3 is 2.70 bits per heavy atom. The molecule has 1 aromatic carbocycles. The number of rotatable bonds is 8. The fraction of sp³-hybridized carbons (Fsp3) is 0.682. The van der Waals surface area contributed by atoms with Crippen molar-refractivity contribution in [3.63, 3.8) is 0 Å². The highest BCUT2D eigenvalue weighted by Crippen LogP contribution is 2.35. The second kappa shape index (κ2) is 10.1. The molecule has 0 aliphatic carbocycles. The van der Waals surface area contributed by atoms with Gasteiger partial charge in [-0.2, -0.15) is 0 Å². The predicted molar refractivity (Wildman–Crippen MR) is 111 cm³/mol. The summed E-state index contributed by atoms with van der Waals surface area (Å²) in [6, 6.07) is 8.08. The number of piperidine rings is 1.